The summed E-state index contributed by atoms with van der Waals surface area (Å²) in [5.74, 6) is 1.95. The Balaban J connectivity index is 2.01. The average Bonchev–Trinajstić information content (AvgIpc) is 2.30. The Morgan fingerprint density at radius 1 is 1.47 bits per heavy atom. The molecular formula is C13H27N3S. The molecule has 0 saturated carbocycles. The highest BCUT2D eigenvalue weighted by Gasteiger charge is 2.11. The molecule has 3 nitrogen and oxygen atoms in total. The Bertz CT molecular complexity index is 241. The quantitative estimate of drug-likeness (QED) is 0.741. The van der Waals surface area contributed by atoms with Gasteiger partial charge in [0.15, 0.2) is 5.17 Å². The van der Waals surface area contributed by atoms with Crippen molar-refractivity contribution in [2.45, 2.75) is 39.7 Å². The lowest BCUT2D eigenvalue weighted by Crippen LogP contribution is -2.29. The molecule has 0 aliphatic carbocycles. The molecule has 100 valence electrons. The van der Waals surface area contributed by atoms with Crippen LogP contribution in [-0.4, -0.2) is 48.5 Å². The summed E-state index contributed by atoms with van der Waals surface area (Å²) < 4.78 is 0. The van der Waals surface area contributed by atoms with Crippen LogP contribution < -0.4 is 5.32 Å². The van der Waals surface area contributed by atoms with Gasteiger partial charge in [-0.1, -0.05) is 18.7 Å². The molecule has 0 aromatic heterocycles. The molecule has 0 spiro atoms. The second-order valence-corrected chi connectivity index (χ2v) is 6.28. The summed E-state index contributed by atoms with van der Waals surface area (Å²) in [6, 6.07) is 0.655. The van der Waals surface area contributed by atoms with Crippen molar-refractivity contribution in [2.75, 3.05) is 32.4 Å². The van der Waals surface area contributed by atoms with E-state index in [0.29, 0.717) is 6.04 Å². The molecule has 1 rings (SSSR count). The van der Waals surface area contributed by atoms with Crippen LogP contribution in [0.1, 0.15) is 33.6 Å². The van der Waals surface area contributed by atoms with E-state index < -0.39 is 0 Å². The molecule has 1 unspecified atom stereocenters. The Labute approximate surface area is 110 Å². The summed E-state index contributed by atoms with van der Waals surface area (Å²) >= 11 is 1.87. The molecule has 1 aliphatic heterocycles. The van der Waals surface area contributed by atoms with Crippen LogP contribution in [0.25, 0.3) is 0 Å². The van der Waals surface area contributed by atoms with Gasteiger partial charge in [-0.15, -0.1) is 0 Å². The molecule has 1 heterocycles. The predicted octanol–water partition coefficient (Wildman–Crippen LogP) is 2.44. The van der Waals surface area contributed by atoms with Crippen molar-refractivity contribution in [3.05, 3.63) is 0 Å². The monoisotopic (exact) mass is 257 g/mol. The fraction of sp³-hybridized carbons (Fsp3) is 0.923. The largest absolute Gasteiger partial charge is 0.365 e. The van der Waals surface area contributed by atoms with Crippen LogP contribution >= 0.6 is 11.8 Å². The zero-order chi connectivity index (χ0) is 12.7. The molecular weight excluding hydrogens is 230 g/mol. The molecule has 4 heteroatoms. The number of aliphatic imine (C=N–C) groups is 1. The van der Waals surface area contributed by atoms with Crippen LogP contribution in [0.4, 0.5) is 0 Å². The summed E-state index contributed by atoms with van der Waals surface area (Å²) in [6.45, 7) is 9.99. The summed E-state index contributed by atoms with van der Waals surface area (Å²) in [7, 11) is 2.19. The van der Waals surface area contributed by atoms with Gasteiger partial charge in [0.2, 0.25) is 0 Å². The maximum Gasteiger partial charge on any atom is 0.156 e. The van der Waals surface area contributed by atoms with Crippen molar-refractivity contribution < 1.29 is 0 Å². The Kier molecular flexibility index (Phi) is 6.97. The zero-order valence-corrected chi connectivity index (χ0v) is 12.5. The van der Waals surface area contributed by atoms with Crippen molar-refractivity contribution in [3.63, 3.8) is 0 Å². The minimum Gasteiger partial charge on any atom is -0.365 e. The van der Waals surface area contributed by atoms with Crippen molar-refractivity contribution >= 4 is 16.9 Å². The number of amidine groups is 1. The van der Waals surface area contributed by atoms with Gasteiger partial charge in [-0.3, -0.25) is 4.99 Å². The maximum absolute atomic E-state index is 4.53. The summed E-state index contributed by atoms with van der Waals surface area (Å²) in [6.07, 6.45) is 2.49. The zero-order valence-electron chi connectivity index (χ0n) is 11.7. The van der Waals surface area contributed by atoms with Crippen LogP contribution in [-0.2, 0) is 0 Å². The summed E-state index contributed by atoms with van der Waals surface area (Å²) in [5, 5.41) is 4.59. The molecule has 0 bridgehead atoms. The molecule has 1 atom stereocenters. The Morgan fingerprint density at radius 3 is 2.82 bits per heavy atom. The average molecular weight is 257 g/mol. The lowest BCUT2D eigenvalue weighted by Gasteiger charge is -2.21. The van der Waals surface area contributed by atoms with Crippen LogP contribution in [0.15, 0.2) is 4.99 Å². The van der Waals surface area contributed by atoms with E-state index in [0.717, 1.165) is 24.2 Å². The van der Waals surface area contributed by atoms with Gasteiger partial charge >= 0.3 is 0 Å². The third-order valence-corrected chi connectivity index (χ3v) is 4.43. The van der Waals surface area contributed by atoms with Crippen LogP contribution in [0.5, 0.6) is 0 Å². The molecule has 0 saturated heterocycles. The minimum absolute atomic E-state index is 0.655. The number of unbranched alkanes of at least 4 members (excludes halogenated alkanes) is 1. The first-order valence-corrected chi connectivity index (χ1v) is 7.69. The van der Waals surface area contributed by atoms with E-state index in [9.17, 15) is 0 Å². The molecule has 0 aromatic carbocycles. The van der Waals surface area contributed by atoms with Crippen molar-refractivity contribution in [1.82, 2.24) is 10.2 Å². The summed E-state index contributed by atoms with van der Waals surface area (Å²) in [5.41, 5.74) is 0. The third kappa shape index (κ3) is 6.32. The number of thioether (sulfide) groups is 1. The van der Waals surface area contributed by atoms with Crippen molar-refractivity contribution in [2.24, 2.45) is 10.9 Å². The van der Waals surface area contributed by atoms with Gasteiger partial charge in [0.1, 0.15) is 0 Å². The van der Waals surface area contributed by atoms with Crippen LogP contribution in [0.2, 0.25) is 0 Å². The fourth-order valence-electron chi connectivity index (χ4n) is 1.60. The second kappa shape index (κ2) is 7.98. The van der Waals surface area contributed by atoms with Crippen molar-refractivity contribution in [3.8, 4) is 0 Å². The lowest BCUT2D eigenvalue weighted by atomic mass is 10.2. The number of nitrogens with one attached hydrogen (secondary N) is 1. The lowest BCUT2D eigenvalue weighted by molar-refractivity contribution is 0.268. The van der Waals surface area contributed by atoms with Gasteiger partial charge in [-0.2, -0.15) is 0 Å². The normalized spacial score (nSPS) is 20.8. The number of hydrogen-bond donors (Lipinski definition) is 1. The Morgan fingerprint density at radius 2 is 2.24 bits per heavy atom. The van der Waals surface area contributed by atoms with Crippen LogP contribution in [0.3, 0.4) is 0 Å². The van der Waals surface area contributed by atoms with Gasteiger partial charge in [0.05, 0.1) is 0 Å². The molecule has 0 aromatic rings. The molecule has 0 radical (unpaired) electrons. The smallest absolute Gasteiger partial charge is 0.156 e. The number of rotatable bonds is 6. The van der Waals surface area contributed by atoms with E-state index >= 15 is 0 Å². The highest BCUT2D eigenvalue weighted by Crippen LogP contribution is 2.15. The van der Waals surface area contributed by atoms with Gasteiger partial charge < -0.3 is 10.2 Å². The first-order valence-electron chi connectivity index (χ1n) is 6.71. The van der Waals surface area contributed by atoms with E-state index in [1.54, 1.807) is 0 Å². The van der Waals surface area contributed by atoms with E-state index in [1.165, 1.54) is 25.1 Å². The van der Waals surface area contributed by atoms with Gasteiger partial charge in [-0.25, -0.2) is 0 Å². The van der Waals surface area contributed by atoms with Gasteiger partial charge in [-0.05, 0) is 46.2 Å². The molecule has 1 N–H and O–H groups in total. The highest BCUT2D eigenvalue weighted by atomic mass is 32.2. The Hall–Kier alpha value is -0.220. The van der Waals surface area contributed by atoms with E-state index in [-0.39, 0.29) is 0 Å². The highest BCUT2D eigenvalue weighted by molar-refractivity contribution is 8.13. The number of hydrogen-bond acceptors (Lipinski definition) is 4. The van der Waals surface area contributed by atoms with E-state index in [1.807, 2.05) is 11.8 Å². The minimum atomic E-state index is 0.655. The summed E-state index contributed by atoms with van der Waals surface area (Å²) in [4.78, 5) is 6.93. The second-order valence-electron chi connectivity index (χ2n) is 5.27. The van der Waals surface area contributed by atoms with E-state index in [4.69, 9.17) is 0 Å². The van der Waals surface area contributed by atoms with Gasteiger partial charge in [0.25, 0.3) is 0 Å². The van der Waals surface area contributed by atoms with Crippen molar-refractivity contribution in [1.29, 1.82) is 0 Å². The molecule has 0 amide bonds. The van der Waals surface area contributed by atoms with E-state index in [2.05, 4.69) is 43.0 Å². The first-order chi connectivity index (χ1) is 8.09. The molecule has 0 fully saturated rings. The molecule has 1 aliphatic rings. The number of nitrogens with zero attached hydrogens (tertiary/aromatic N) is 2. The maximum atomic E-state index is 4.53. The van der Waals surface area contributed by atoms with Gasteiger partial charge in [0, 0.05) is 24.9 Å². The molecule has 17 heavy (non-hydrogen) atoms. The SMILES string of the molecule is CC1CN=C(NCCCCN(C)C(C)C)SC1. The third-order valence-electron chi connectivity index (χ3n) is 3.15. The first kappa shape index (κ1) is 14.8. The standard InChI is InChI=1S/C13H27N3S/c1-11(2)16(4)8-6-5-7-14-13-15-9-12(3)10-17-13/h11-12H,5-10H2,1-4H3,(H,14,15). The predicted molar refractivity (Wildman–Crippen MR) is 78.9 cm³/mol. The fourth-order valence-corrected chi connectivity index (χ4v) is 2.52. The topological polar surface area (TPSA) is 27.6 Å². The van der Waals surface area contributed by atoms with Crippen LogP contribution in [0, 0.1) is 5.92 Å².